The third kappa shape index (κ3) is 2.75. The van der Waals surface area contributed by atoms with Crippen molar-refractivity contribution in [1.29, 1.82) is 0 Å². The number of aromatic amines is 2. The van der Waals surface area contributed by atoms with Crippen LogP contribution in [0, 0.1) is 0 Å². The first-order chi connectivity index (χ1) is 9.83. The lowest BCUT2D eigenvalue weighted by Crippen LogP contribution is -2.24. The Balaban J connectivity index is 1.57. The monoisotopic (exact) mass is 288 g/mol. The fraction of sp³-hybridized carbons (Fsp3) is 0.167. The second kappa shape index (κ2) is 5.66. The van der Waals surface area contributed by atoms with Crippen LogP contribution in [-0.2, 0) is 6.42 Å². The molecular weight excluding hydrogens is 276 g/mol. The first-order valence-corrected chi connectivity index (χ1v) is 6.87. The van der Waals surface area contributed by atoms with Crippen molar-refractivity contribution in [2.45, 2.75) is 6.42 Å². The molecule has 0 fully saturated rings. The molecule has 0 saturated heterocycles. The molecule has 0 aliphatic rings. The topological polar surface area (TPSA) is 99.3 Å². The summed E-state index contributed by atoms with van der Waals surface area (Å²) in [7, 11) is 0. The van der Waals surface area contributed by atoms with Crippen LogP contribution in [0.3, 0.4) is 0 Å². The van der Waals surface area contributed by atoms with Gasteiger partial charge in [-0.2, -0.15) is 15.4 Å². The molecule has 3 heterocycles. The van der Waals surface area contributed by atoms with E-state index in [9.17, 15) is 4.79 Å². The van der Waals surface area contributed by atoms with Crippen molar-refractivity contribution in [2.75, 3.05) is 6.54 Å². The van der Waals surface area contributed by atoms with E-state index in [1.54, 1.807) is 24.7 Å². The number of rotatable bonds is 5. The van der Waals surface area contributed by atoms with Gasteiger partial charge < -0.3 is 10.3 Å². The third-order valence-corrected chi connectivity index (χ3v) is 3.78. The van der Waals surface area contributed by atoms with Crippen LogP contribution in [0.15, 0.2) is 30.7 Å². The van der Waals surface area contributed by atoms with Crippen molar-refractivity contribution in [1.82, 2.24) is 30.7 Å². The van der Waals surface area contributed by atoms with Crippen molar-refractivity contribution in [3.8, 4) is 10.7 Å². The van der Waals surface area contributed by atoms with E-state index in [4.69, 9.17) is 0 Å². The van der Waals surface area contributed by atoms with Crippen LogP contribution in [0.5, 0.6) is 0 Å². The molecule has 0 spiro atoms. The maximum Gasteiger partial charge on any atom is 0.261 e. The van der Waals surface area contributed by atoms with E-state index in [-0.39, 0.29) is 5.91 Å². The minimum atomic E-state index is -0.0868. The molecule has 0 radical (unpaired) electrons. The van der Waals surface area contributed by atoms with Crippen LogP contribution >= 0.6 is 11.3 Å². The number of aromatic nitrogens is 5. The second-order valence-corrected chi connectivity index (χ2v) is 5.15. The molecule has 0 aliphatic heterocycles. The molecule has 102 valence electrons. The Labute approximate surface area is 118 Å². The van der Waals surface area contributed by atoms with Gasteiger partial charge in [0.25, 0.3) is 5.91 Å². The predicted molar refractivity (Wildman–Crippen MR) is 74.3 cm³/mol. The number of nitrogens with one attached hydrogen (secondary N) is 3. The Hall–Kier alpha value is -2.48. The van der Waals surface area contributed by atoms with Crippen LogP contribution in [0.1, 0.15) is 15.4 Å². The van der Waals surface area contributed by atoms with Gasteiger partial charge in [-0.05, 0) is 12.1 Å². The van der Waals surface area contributed by atoms with Gasteiger partial charge in [-0.1, -0.05) is 0 Å². The van der Waals surface area contributed by atoms with Crippen molar-refractivity contribution in [2.24, 2.45) is 0 Å². The zero-order valence-electron chi connectivity index (χ0n) is 10.5. The number of hydrogen-bond acceptors (Lipinski definition) is 5. The number of H-pyrrole nitrogens is 2. The molecule has 0 aromatic carbocycles. The lowest BCUT2D eigenvalue weighted by Gasteiger charge is -2.00. The summed E-state index contributed by atoms with van der Waals surface area (Å²) < 4.78 is 0. The summed E-state index contributed by atoms with van der Waals surface area (Å²) in [5.74, 6) is 0.688. The molecule has 3 aromatic heterocycles. The van der Waals surface area contributed by atoms with Crippen LogP contribution in [0.25, 0.3) is 10.7 Å². The fourth-order valence-electron chi connectivity index (χ4n) is 1.72. The van der Waals surface area contributed by atoms with E-state index < -0.39 is 0 Å². The number of thiophene rings is 1. The third-order valence-electron chi connectivity index (χ3n) is 2.69. The van der Waals surface area contributed by atoms with Gasteiger partial charge in [-0.25, -0.2) is 4.98 Å². The second-order valence-electron chi connectivity index (χ2n) is 4.07. The summed E-state index contributed by atoms with van der Waals surface area (Å²) >= 11 is 1.41. The van der Waals surface area contributed by atoms with Crippen molar-refractivity contribution in [3.05, 3.63) is 41.3 Å². The summed E-state index contributed by atoms with van der Waals surface area (Å²) in [6.45, 7) is 0.527. The SMILES string of the molecule is O=C(NCCc1cn[nH]n1)c1ccc(-c2ncc[nH]2)s1. The molecule has 3 rings (SSSR count). The minimum absolute atomic E-state index is 0.0868. The summed E-state index contributed by atoms with van der Waals surface area (Å²) in [4.78, 5) is 20.8. The highest BCUT2D eigenvalue weighted by atomic mass is 32.1. The summed E-state index contributed by atoms with van der Waals surface area (Å²) in [5.41, 5.74) is 0.827. The zero-order chi connectivity index (χ0) is 13.8. The smallest absolute Gasteiger partial charge is 0.261 e. The number of hydrogen-bond donors (Lipinski definition) is 3. The standard InChI is InChI=1S/C12H12N6OS/c19-12(15-4-3-8-7-16-18-17-8)10-2-1-9(20-10)11-13-5-6-14-11/h1-2,5-7H,3-4H2,(H,13,14)(H,15,19)(H,16,17,18). The van der Waals surface area contributed by atoms with Gasteiger partial charge in [0.15, 0.2) is 0 Å². The molecule has 8 heteroatoms. The van der Waals surface area contributed by atoms with Crippen LogP contribution in [-0.4, -0.2) is 37.8 Å². The van der Waals surface area contributed by atoms with E-state index in [1.165, 1.54) is 11.3 Å². The van der Waals surface area contributed by atoms with Gasteiger partial charge in [-0.3, -0.25) is 4.79 Å². The molecular formula is C12H12N6OS. The highest BCUT2D eigenvalue weighted by Gasteiger charge is 2.11. The maximum absolute atomic E-state index is 12.0. The molecule has 0 aliphatic carbocycles. The molecule has 7 nitrogen and oxygen atoms in total. The normalized spacial score (nSPS) is 10.6. The Kier molecular flexibility index (Phi) is 3.55. The number of carbonyl (C=O) groups is 1. The number of nitrogens with zero attached hydrogens (tertiary/aromatic N) is 3. The van der Waals surface area contributed by atoms with Gasteiger partial charge in [0.05, 0.1) is 21.6 Å². The highest BCUT2D eigenvalue weighted by Crippen LogP contribution is 2.24. The largest absolute Gasteiger partial charge is 0.351 e. The summed E-state index contributed by atoms with van der Waals surface area (Å²) in [6.07, 6.45) is 5.74. The highest BCUT2D eigenvalue weighted by molar-refractivity contribution is 7.17. The van der Waals surface area contributed by atoms with E-state index in [0.29, 0.717) is 17.8 Å². The molecule has 3 aromatic rings. The van der Waals surface area contributed by atoms with Crippen LogP contribution in [0.4, 0.5) is 0 Å². The Morgan fingerprint density at radius 2 is 2.35 bits per heavy atom. The van der Waals surface area contributed by atoms with E-state index in [1.807, 2.05) is 6.07 Å². The quantitative estimate of drug-likeness (QED) is 0.657. The molecule has 0 unspecified atom stereocenters. The van der Waals surface area contributed by atoms with Gasteiger partial charge in [0.1, 0.15) is 5.82 Å². The average Bonchev–Trinajstić information content (AvgIpc) is 3.20. The number of imidazole rings is 1. The molecule has 20 heavy (non-hydrogen) atoms. The molecule has 3 N–H and O–H groups in total. The van der Waals surface area contributed by atoms with Crippen molar-refractivity contribution < 1.29 is 4.79 Å². The van der Waals surface area contributed by atoms with Gasteiger partial charge >= 0.3 is 0 Å². The van der Waals surface area contributed by atoms with E-state index in [0.717, 1.165) is 16.4 Å². The van der Waals surface area contributed by atoms with Gasteiger partial charge in [0.2, 0.25) is 0 Å². The predicted octanol–water partition coefficient (Wildman–Crippen LogP) is 1.23. The van der Waals surface area contributed by atoms with Crippen LogP contribution in [0.2, 0.25) is 0 Å². The molecule has 0 bridgehead atoms. The average molecular weight is 288 g/mol. The first kappa shape index (κ1) is 12.5. The molecule has 1 amide bonds. The van der Waals surface area contributed by atoms with Gasteiger partial charge in [-0.15, -0.1) is 11.3 Å². The Bertz CT molecular complexity index is 673. The van der Waals surface area contributed by atoms with Gasteiger partial charge in [0, 0.05) is 25.4 Å². The first-order valence-electron chi connectivity index (χ1n) is 6.05. The fourth-order valence-corrected chi connectivity index (χ4v) is 2.61. The summed E-state index contributed by atoms with van der Waals surface area (Å²) in [6, 6.07) is 3.68. The number of carbonyl (C=O) groups excluding carboxylic acids is 1. The van der Waals surface area contributed by atoms with Crippen LogP contribution < -0.4 is 5.32 Å². The Morgan fingerprint density at radius 1 is 1.40 bits per heavy atom. The lowest BCUT2D eigenvalue weighted by atomic mass is 10.3. The lowest BCUT2D eigenvalue weighted by molar-refractivity contribution is 0.0958. The maximum atomic E-state index is 12.0. The molecule has 0 saturated carbocycles. The Morgan fingerprint density at radius 3 is 3.10 bits per heavy atom. The molecule has 0 atom stereocenters. The minimum Gasteiger partial charge on any atom is -0.351 e. The van der Waals surface area contributed by atoms with E-state index in [2.05, 4.69) is 30.7 Å². The van der Waals surface area contributed by atoms with Crippen molar-refractivity contribution in [3.63, 3.8) is 0 Å². The van der Waals surface area contributed by atoms with Crippen molar-refractivity contribution >= 4 is 17.2 Å². The number of amides is 1. The van der Waals surface area contributed by atoms with E-state index >= 15 is 0 Å². The summed E-state index contributed by atoms with van der Waals surface area (Å²) in [5, 5.41) is 13.0. The zero-order valence-corrected chi connectivity index (χ0v) is 11.3.